The van der Waals surface area contributed by atoms with Gasteiger partial charge in [0.05, 0.1) is 11.7 Å². The van der Waals surface area contributed by atoms with E-state index in [0.717, 1.165) is 16.5 Å². The number of ether oxygens (including phenoxy) is 1. The molecule has 0 aromatic heterocycles. The summed E-state index contributed by atoms with van der Waals surface area (Å²) in [6.07, 6.45) is 1.31. The van der Waals surface area contributed by atoms with Crippen molar-refractivity contribution >= 4 is 15.9 Å². The Hall–Kier alpha value is -0.380. The summed E-state index contributed by atoms with van der Waals surface area (Å²) in [6, 6.07) is 8.06. The average Bonchev–Trinajstić information content (AvgIpc) is 2.47. The first-order chi connectivity index (χ1) is 7.10. The van der Waals surface area contributed by atoms with Crippen molar-refractivity contribution in [3.63, 3.8) is 0 Å². The molecule has 1 aromatic carbocycles. The van der Waals surface area contributed by atoms with E-state index in [4.69, 9.17) is 4.74 Å². The highest BCUT2D eigenvalue weighted by Gasteiger charge is 2.39. The predicted molar refractivity (Wildman–Crippen MR) is 62.8 cm³/mol. The molecule has 1 N–H and O–H groups in total. The van der Waals surface area contributed by atoms with E-state index in [1.54, 1.807) is 0 Å². The normalized spacial score (nSPS) is 30.7. The predicted octanol–water partition coefficient (Wildman–Crippen LogP) is 2.53. The van der Waals surface area contributed by atoms with Gasteiger partial charge in [-0.1, -0.05) is 28.1 Å². The molecular formula is C12H15BrO2. The molecule has 0 aliphatic carbocycles. The fraction of sp³-hybridized carbons (Fsp3) is 0.500. The van der Waals surface area contributed by atoms with Crippen LogP contribution in [0.4, 0.5) is 0 Å². The summed E-state index contributed by atoms with van der Waals surface area (Å²) in [5.74, 6) is 0. The van der Waals surface area contributed by atoms with Crippen molar-refractivity contribution < 1.29 is 9.84 Å². The molecule has 0 saturated carbocycles. The summed E-state index contributed by atoms with van der Waals surface area (Å²) in [4.78, 5) is 0. The van der Waals surface area contributed by atoms with Crippen molar-refractivity contribution in [2.45, 2.75) is 31.5 Å². The quantitative estimate of drug-likeness (QED) is 0.895. The molecule has 0 amide bonds. The minimum Gasteiger partial charge on any atom is -0.387 e. The Morgan fingerprint density at radius 2 is 2.40 bits per heavy atom. The molecule has 0 radical (unpaired) electrons. The van der Waals surface area contributed by atoms with Gasteiger partial charge in [0.25, 0.3) is 0 Å². The van der Waals surface area contributed by atoms with Gasteiger partial charge >= 0.3 is 0 Å². The molecular weight excluding hydrogens is 256 g/mol. The van der Waals surface area contributed by atoms with E-state index in [0.29, 0.717) is 13.0 Å². The van der Waals surface area contributed by atoms with Crippen LogP contribution in [0.1, 0.15) is 18.9 Å². The van der Waals surface area contributed by atoms with Crippen LogP contribution in [0.3, 0.4) is 0 Å². The van der Waals surface area contributed by atoms with Gasteiger partial charge in [-0.05, 0) is 24.6 Å². The summed E-state index contributed by atoms with van der Waals surface area (Å²) in [7, 11) is 0. The lowest BCUT2D eigenvalue weighted by Crippen LogP contribution is -2.38. The van der Waals surface area contributed by atoms with Crippen molar-refractivity contribution in [2.24, 2.45) is 0 Å². The van der Waals surface area contributed by atoms with E-state index in [1.807, 2.05) is 31.2 Å². The summed E-state index contributed by atoms with van der Waals surface area (Å²) in [6.45, 7) is 2.59. The summed E-state index contributed by atoms with van der Waals surface area (Å²) < 4.78 is 6.46. The summed E-state index contributed by atoms with van der Waals surface area (Å²) >= 11 is 3.43. The van der Waals surface area contributed by atoms with E-state index >= 15 is 0 Å². The Bertz CT molecular complexity index is 353. The van der Waals surface area contributed by atoms with Crippen LogP contribution in [0.5, 0.6) is 0 Å². The molecule has 2 nitrogen and oxygen atoms in total. The van der Waals surface area contributed by atoms with Crippen molar-refractivity contribution in [1.82, 2.24) is 0 Å². The number of hydrogen-bond donors (Lipinski definition) is 1. The Morgan fingerprint density at radius 1 is 1.60 bits per heavy atom. The number of rotatable bonds is 2. The van der Waals surface area contributed by atoms with Gasteiger partial charge in [-0.2, -0.15) is 0 Å². The second-order valence-corrected chi connectivity index (χ2v) is 5.09. The highest BCUT2D eigenvalue weighted by molar-refractivity contribution is 9.10. The molecule has 15 heavy (non-hydrogen) atoms. The van der Waals surface area contributed by atoms with Crippen molar-refractivity contribution in [2.75, 3.05) is 6.61 Å². The number of hydrogen-bond acceptors (Lipinski definition) is 2. The maximum atomic E-state index is 10.4. The Kier molecular flexibility index (Phi) is 3.14. The fourth-order valence-electron chi connectivity index (χ4n) is 2.00. The molecule has 1 aliphatic heterocycles. The number of aliphatic hydroxyl groups is 1. The molecule has 2 unspecified atom stereocenters. The molecule has 1 heterocycles. The second-order valence-electron chi connectivity index (χ2n) is 4.17. The lowest BCUT2D eigenvalue weighted by Gasteiger charge is -2.26. The van der Waals surface area contributed by atoms with E-state index < -0.39 is 5.60 Å². The first-order valence-corrected chi connectivity index (χ1v) is 5.98. The molecule has 1 aliphatic rings. The molecule has 2 atom stereocenters. The van der Waals surface area contributed by atoms with Crippen LogP contribution in [0.15, 0.2) is 28.7 Å². The maximum Gasteiger partial charge on any atom is 0.0967 e. The zero-order valence-corrected chi connectivity index (χ0v) is 10.3. The van der Waals surface area contributed by atoms with Crippen LogP contribution in [0.25, 0.3) is 0 Å². The molecule has 1 saturated heterocycles. The number of benzene rings is 1. The Labute approximate surface area is 98.4 Å². The summed E-state index contributed by atoms with van der Waals surface area (Å²) in [5, 5.41) is 10.4. The van der Waals surface area contributed by atoms with E-state index in [2.05, 4.69) is 15.9 Å². The van der Waals surface area contributed by atoms with E-state index in [9.17, 15) is 5.11 Å². The smallest absolute Gasteiger partial charge is 0.0967 e. The third-order valence-electron chi connectivity index (χ3n) is 3.06. The third kappa shape index (κ3) is 2.41. The molecule has 3 heteroatoms. The molecule has 1 fully saturated rings. The molecule has 0 spiro atoms. The van der Waals surface area contributed by atoms with Gasteiger partial charge in [0.15, 0.2) is 0 Å². The SMILES string of the molecule is CC1OCCC1(O)Cc1cccc(Br)c1. The van der Waals surface area contributed by atoms with Gasteiger partial charge in [0.2, 0.25) is 0 Å². The maximum absolute atomic E-state index is 10.4. The fourth-order valence-corrected chi connectivity index (χ4v) is 2.45. The van der Waals surface area contributed by atoms with Crippen molar-refractivity contribution in [1.29, 1.82) is 0 Å². The van der Waals surface area contributed by atoms with Gasteiger partial charge in [-0.15, -0.1) is 0 Å². The van der Waals surface area contributed by atoms with E-state index in [-0.39, 0.29) is 6.10 Å². The van der Waals surface area contributed by atoms with Gasteiger partial charge in [-0.3, -0.25) is 0 Å². The lowest BCUT2D eigenvalue weighted by atomic mass is 9.89. The molecule has 82 valence electrons. The minimum absolute atomic E-state index is 0.0727. The average molecular weight is 271 g/mol. The van der Waals surface area contributed by atoms with Crippen LogP contribution in [0.2, 0.25) is 0 Å². The van der Waals surface area contributed by atoms with Crippen LogP contribution in [0, 0.1) is 0 Å². The molecule has 0 bridgehead atoms. The lowest BCUT2D eigenvalue weighted by molar-refractivity contribution is -0.0268. The van der Waals surface area contributed by atoms with Gasteiger partial charge in [0.1, 0.15) is 0 Å². The van der Waals surface area contributed by atoms with Crippen LogP contribution in [-0.4, -0.2) is 23.4 Å². The second kappa shape index (κ2) is 4.24. The Morgan fingerprint density at radius 3 is 3.00 bits per heavy atom. The van der Waals surface area contributed by atoms with Crippen molar-refractivity contribution in [3.8, 4) is 0 Å². The highest BCUT2D eigenvalue weighted by atomic mass is 79.9. The third-order valence-corrected chi connectivity index (χ3v) is 3.55. The largest absolute Gasteiger partial charge is 0.387 e. The minimum atomic E-state index is -0.694. The first-order valence-electron chi connectivity index (χ1n) is 5.19. The van der Waals surface area contributed by atoms with Gasteiger partial charge in [0, 0.05) is 23.9 Å². The van der Waals surface area contributed by atoms with Crippen LogP contribution in [-0.2, 0) is 11.2 Å². The van der Waals surface area contributed by atoms with Gasteiger partial charge in [-0.25, -0.2) is 0 Å². The highest BCUT2D eigenvalue weighted by Crippen LogP contribution is 2.29. The van der Waals surface area contributed by atoms with Crippen LogP contribution < -0.4 is 0 Å². The van der Waals surface area contributed by atoms with E-state index in [1.165, 1.54) is 0 Å². The topological polar surface area (TPSA) is 29.5 Å². The monoisotopic (exact) mass is 270 g/mol. The standard InChI is InChI=1S/C12H15BrO2/c1-9-12(14,5-6-15-9)8-10-3-2-4-11(13)7-10/h2-4,7,9,14H,5-6,8H2,1H3. The van der Waals surface area contributed by atoms with Gasteiger partial charge < -0.3 is 9.84 Å². The number of halogens is 1. The Balaban J connectivity index is 2.14. The molecule has 2 rings (SSSR count). The van der Waals surface area contributed by atoms with Crippen LogP contribution >= 0.6 is 15.9 Å². The zero-order chi connectivity index (χ0) is 10.9. The molecule has 1 aromatic rings. The summed E-state index contributed by atoms with van der Waals surface area (Å²) in [5.41, 5.74) is 0.449. The van der Waals surface area contributed by atoms with Crippen molar-refractivity contribution in [3.05, 3.63) is 34.3 Å². The zero-order valence-electron chi connectivity index (χ0n) is 8.74. The first kappa shape index (κ1) is 11.1.